The summed E-state index contributed by atoms with van der Waals surface area (Å²) in [6, 6.07) is 6.92. The molecule has 2 aliphatic heterocycles. The molecule has 4 rings (SSSR count). The van der Waals surface area contributed by atoms with E-state index in [0.717, 1.165) is 11.0 Å². The van der Waals surface area contributed by atoms with Gasteiger partial charge in [0.1, 0.15) is 12.1 Å². The van der Waals surface area contributed by atoms with Gasteiger partial charge in [0.2, 0.25) is 5.91 Å². The zero-order chi connectivity index (χ0) is 19.2. The number of imidazole rings is 1. The van der Waals surface area contributed by atoms with Crippen molar-refractivity contribution in [3.8, 4) is 0 Å². The molecule has 0 unspecified atom stereocenters. The van der Waals surface area contributed by atoms with Crippen LogP contribution in [-0.4, -0.2) is 50.5 Å². The molecule has 0 bridgehead atoms. The van der Waals surface area contributed by atoms with E-state index in [9.17, 15) is 19.2 Å². The maximum absolute atomic E-state index is 12.8. The molecule has 9 heteroatoms. The van der Waals surface area contributed by atoms with Gasteiger partial charge in [0, 0.05) is 19.6 Å². The summed E-state index contributed by atoms with van der Waals surface area (Å²) in [6.07, 6.45) is 0.726. The van der Waals surface area contributed by atoms with E-state index >= 15 is 0 Å². The molecule has 0 aliphatic carbocycles. The number of amides is 4. The lowest BCUT2D eigenvalue weighted by Gasteiger charge is -2.37. The Morgan fingerprint density at radius 2 is 1.70 bits per heavy atom. The number of hydrogen-bond donors (Lipinski definition) is 2. The third kappa shape index (κ3) is 2.70. The molecule has 2 aromatic rings. The van der Waals surface area contributed by atoms with Gasteiger partial charge in [0.05, 0.1) is 11.0 Å². The average molecular weight is 371 g/mol. The molecule has 2 fully saturated rings. The molecule has 4 amide bonds. The molecule has 142 valence electrons. The van der Waals surface area contributed by atoms with E-state index in [1.807, 2.05) is 31.2 Å². The van der Waals surface area contributed by atoms with Gasteiger partial charge in [-0.05, 0) is 31.9 Å². The van der Waals surface area contributed by atoms with Crippen LogP contribution in [0.1, 0.15) is 19.8 Å². The summed E-state index contributed by atoms with van der Waals surface area (Å²) in [5.41, 5.74) is 0.417. The molecule has 1 aromatic carbocycles. The van der Waals surface area contributed by atoms with E-state index < -0.39 is 11.6 Å². The number of nitrogens with zero attached hydrogens (tertiary/aromatic N) is 3. The highest BCUT2D eigenvalue weighted by Gasteiger charge is 2.48. The molecule has 0 atom stereocenters. The molecule has 1 aromatic heterocycles. The fourth-order valence-electron chi connectivity index (χ4n) is 3.98. The first-order valence-corrected chi connectivity index (χ1v) is 9.04. The topological polar surface area (TPSA) is 105 Å². The van der Waals surface area contributed by atoms with E-state index in [4.69, 9.17) is 0 Å². The molecule has 0 saturated carbocycles. The number of benzene rings is 1. The zero-order valence-electron chi connectivity index (χ0n) is 15.0. The van der Waals surface area contributed by atoms with Crippen molar-refractivity contribution in [2.75, 3.05) is 13.1 Å². The van der Waals surface area contributed by atoms with Gasteiger partial charge in [-0.15, -0.1) is 0 Å². The number of hydrogen-bond acceptors (Lipinski definition) is 4. The Morgan fingerprint density at radius 1 is 1.07 bits per heavy atom. The van der Waals surface area contributed by atoms with Gasteiger partial charge in [-0.1, -0.05) is 12.1 Å². The van der Waals surface area contributed by atoms with Crippen molar-refractivity contribution in [1.29, 1.82) is 0 Å². The third-order valence-corrected chi connectivity index (χ3v) is 5.52. The van der Waals surface area contributed by atoms with E-state index in [2.05, 4.69) is 10.6 Å². The largest absolute Gasteiger partial charge is 0.341 e. The molecule has 1 spiro atoms. The van der Waals surface area contributed by atoms with Crippen LogP contribution in [-0.2, 0) is 22.7 Å². The van der Waals surface area contributed by atoms with Crippen molar-refractivity contribution in [3.63, 3.8) is 0 Å². The molecule has 2 saturated heterocycles. The number of piperidine rings is 1. The maximum atomic E-state index is 12.8. The predicted octanol–water partition coefficient (Wildman–Crippen LogP) is 0.0235. The van der Waals surface area contributed by atoms with Crippen LogP contribution in [0, 0.1) is 0 Å². The Bertz CT molecular complexity index is 997. The number of likely N-dealkylation sites (tertiary alicyclic amines) is 1. The minimum absolute atomic E-state index is 0.0437. The summed E-state index contributed by atoms with van der Waals surface area (Å²) in [5, 5.41) is 4.93. The second-order valence-electron chi connectivity index (χ2n) is 6.97. The Labute approximate surface area is 154 Å². The molecule has 2 N–H and O–H groups in total. The van der Waals surface area contributed by atoms with E-state index in [1.54, 1.807) is 9.47 Å². The van der Waals surface area contributed by atoms with Crippen LogP contribution in [0.15, 0.2) is 29.1 Å². The van der Waals surface area contributed by atoms with Crippen molar-refractivity contribution >= 4 is 28.9 Å². The quantitative estimate of drug-likeness (QED) is 0.742. The lowest BCUT2D eigenvalue weighted by molar-refractivity contribution is -0.136. The van der Waals surface area contributed by atoms with Gasteiger partial charge in [-0.25, -0.2) is 9.59 Å². The van der Waals surface area contributed by atoms with Crippen LogP contribution in [0.5, 0.6) is 0 Å². The number of aryl methyl sites for hydroxylation is 1. The van der Waals surface area contributed by atoms with Crippen molar-refractivity contribution in [3.05, 3.63) is 34.7 Å². The van der Waals surface area contributed by atoms with Gasteiger partial charge in [-0.2, -0.15) is 0 Å². The average Bonchev–Trinajstić information content (AvgIpc) is 3.08. The normalized spacial score (nSPS) is 18.8. The Balaban J connectivity index is 1.52. The molecule has 2 aliphatic rings. The molecule has 0 radical (unpaired) electrons. The fraction of sp³-hybridized carbons (Fsp3) is 0.444. The fourth-order valence-corrected chi connectivity index (χ4v) is 3.98. The highest BCUT2D eigenvalue weighted by atomic mass is 16.2. The number of carbonyl (C=O) groups excluding carboxylic acids is 3. The first kappa shape index (κ1) is 17.3. The minimum Gasteiger partial charge on any atom is -0.341 e. The smallest absolute Gasteiger partial charge is 0.329 e. The predicted molar refractivity (Wildman–Crippen MR) is 97.1 cm³/mol. The molecule has 9 nitrogen and oxygen atoms in total. The first-order valence-electron chi connectivity index (χ1n) is 9.04. The number of imide groups is 1. The van der Waals surface area contributed by atoms with Gasteiger partial charge < -0.3 is 10.2 Å². The SMILES string of the molecule is CCn1c(=O)n(CC(=O)N2CCC3(CC2)NC(=O)NC3=O)c2ccccc21. The standard InChI is InChI=1S/C18H21N5O4/c1-2-22-12-5-3-4-6-13(12)23(17(22)27)11-14(24)21-9-7-18(8-10-21)15(25)19-16(26)20-18/h3-6H,2,7-11H2,1H3,(H2,19,20,25,26). The van der Waals surface area contributed by atoms with E-state index in [1.165, 1.54) is 4.57 Å². The summed E-state index contributed by atoms with van der Waals surface area (Å²) in [6.45, 7) is 3.09. The van der Waals surface area contributed by atoms with Crippen LogP contribution < -0.4 is 16.3 Å². The monoisotopic (exact) mass is 371 g/mol. The third-order valence-electron chi connectivity index (χ3n) is 5.52. The number of fused-ring (bicyclic) bond motifs is 1. The van der Waals surface area contributed by atoms with Crippen molar-refractivity contribution in [2.24, 2.45) is 0 Å². The summed E-state index contributed by atoms with van der Waals surface area (Å²) in [4.78, 5) is 50.5. The van der Waals surface area contributed by atoms with Crippen molar-refractivity contribution in [1.82, 2.24) is 24.7 Å². The Kier molecular flexibility index (Phi) is 4.01. The lowest BCUT2D eigenvalue weighted by Crippen LogP contribution is -2.56. The van der Waals surface area contributed by atoms with Gasteiger partial charge >= 0.3 is 11.7 Å². The van der Waals surface area contributed by atoms with Gasteiger partial charge in [-0.3, -0.25) is 24.0 Å². The van der Waals surface area contributed by atoms with E-state index in [0.29, 0.717) is 32.5 Å². The Hall–Kier alpha value is -3.10. The van der Waals surface area contributed by atoms with Crippen LogP contribution >= 0.6 is 0 Å². The summed E-state index contributed by atoms with van der Waals surface area (Å²) in [5.74, 6) is -0.502. The molecule has 27 heavy (non-hydrogen) atoms. The molecular formula is C18H21N5O4. The number of nitrogens with one attached hydrogen (secondary N) is 2. The number of carbonyl (C=O) groups is 3. The Morgan fingerprint density at radius 3 is 2.26 bits per heavy atom. The van der Waals surface area contributed by atoms with Crippen molar-refractivity contribution < 1.29 is 14.4 Å². The number of para-hydroxylation sites is 2. The minimum atomic E-state index is -0.914. The number of rotatable bonds is 3. The van der Waals surface area contributed by atoms with Gasteiger partial charge in [0.15, 0.2) is 0 Å². The molecular weight excluding hydrogens is 350 g/mol. The summed E-state index contributed by atoms with van der Waals surface area (Å²) < 4.78 is 3.14. The van der Waals surface area contributed by atoms with E-state index in [-0.39, 0.29) is 24.0 Å². The second kappa shape index (κ2) is 6.26. The van der Waals surface area contributed by atoms with Crippen LogP contribution in [0.25, 0.3) is 11.0 Å². The van der Waals surface area contributed by atoms with Crippen LogP contribution in [0.2, 0.25) is 0 Å². The summed E-state index contributed by atoms with van der Waals surface area (Å²) in [7, 11) is 0. The number of aromatic nitrogens is 2. The van der Waals surface area contributed by atoms with Crippen molar-refractivity contribution in [2.45, 2.75) is 38.4 Å². The molecule has 3 heterocycles. The van der Waals surface area contributed by atoms with Gasteiger partial charge in [0.25, 0.3) is 5.91 Å². The lowest BCUT2D eigenvalue weighted by atomic mass is 9.88. The first-order chi connectivity index (χ1) is 12.9. The summed E-state index contributed by atoms with van der Waals surface area (Å²) >= 11 is 0. The highest BCUT2D eigenvalue weighted by molar-refractivity contribution is 6.07. The van der Waals surface area contributed by atoms with Crippen LogP contribution in [0.4, 0.5) is 4.79 Å². The highest BCUT2D eigenvalue weighted by Crippen LogP contribution is 2.25. The second-order valence-corrected chi connectivity index (χ2v) is 6.97. The number of urea groups is 1. The zero-order valence-corrected chi connectivity index (χ0v) is 15.0. The van der Waals surface area contributed by atoms with Crippen LogP contribution in [0.3, 0.4) is 0 Å². The maximum Gasteiger partial charge on any atom is 0.329 e.